The van der Waals surface area contributed by atoms with Crippen molar-refractivity contribution in [1.29, 1.82) is 0 Å². The van der Waals surface area contributed by atoms with Gasteiger partial charge in [-0.3, -0.25) is 9.97 Å². The fourth-order valence-corrected chi connectivity index (χ4v) is 2.08. The van der Waals surface area contributed by atoms with Gasteiger partial charge in [0.25, 0.3) is 0 Å². The second-order valence-electron chi connectivity index (χ2n) is 5.15. The molecule has 116 valence electrons. The molecule has 3 aromatic rings. The summed E-state index contributed by atoms with van der Waals surface area (Å²) in [4.78, 5) is 17.0. The van der Waals surface area contributed by atoms with Crippen LogP contribution in [0.15, 0.2) is 55.2 Å². The zero-order valence-electron chi connectivity index (χ0n) is 12.9. The molecule has 3 aromatic heterocycles. The summed E-state index contributed by atoms with van der Waals surface area (Å²) >= 11 is 0. The van der Waals surface area contributed by atoms with Crippen molar-refractivity contribution in [3.8, 4) is 0 Å². The molecular weight excluding hydrogens is 288 g/mol. The first-order chi connectivity index (χ1) is 11.3. The Morgan fingerprint density at radius 1 is 0.870 bits per heavy atom. The van der Waals surface area contributed by atoms with E-state index in [0.29, 0.717) is 19.0 Å². The van der Waals surface area contributed by atoms with E-state index in [1.54, 1.807) is 12.4 Å². The third-order valence-corrected chi connectivity index (χ3v) is 3.33. The highest BCUT2D eigenvalue weighted by Gasteiger charge is 2.04. The highest BCUT2D eigenvalue weighted by Crippen LogP contribution is 2.14. The molecule has 0 radical (unpaired) electrons. The van der Waals surface area contributed by atoms with Crippen molar-refractivity contribution in [2.24, 2.45) is 0 Å². The fourth-order valence-electron chi connectivity index (χ4n) is 2.08. The van der Waals surface area contributed by atoms with Gasteiger partial charge in [-0.05, 0) is 30.2 Å². The molecule has 0 aliphatic heterocycles. The van der Waals surface area contributed by atoms with Crippen molar-refractivity contribution in [3.63, 3.8) is 0 Å². The molecule has 0 saturated heterocycles. The molecule has 3 heterocycles. The lowest BCUT2D eigenvalue weighted by Crippen LogP contribution is -2.08. The highest BCUT2D eigenvalue weighted by molar-refractivity contribution is 5.46. The van der Waals surface area contributed by atoms with Gasteiger partial charge in [-0.15, -0.1) is 0 Å². The number of rotatable bonds is 6. The fraction of sp³-hybridized carbons (Fsp3) is 0.176. The van der Waals surface area contributed by atoms with Gasteiger partial charge in [0.2, 0.25) is 5.95 Å². The van der Waals surface area contributed by atoms with Crippen LogP contribution in [0.3, 0.4) is 0 Å². The van der Waals surface area contributed by atoms with Crippen molar-refractivity contribution in [2.75, 3.05) is 10.6 Å². The van der Waals surface area contributed by atoms with Gasteiger partial charge >= 0.3 is 0 Å². The minimum Gasteiger partial charge on any atom is -0.366 e. The number of nitrogens with one attached hydrogen (secondary N) is 2. The van der Waals surface area contributed by atoms with Gasteiger partial charge in [-0.1, -0.05) is 12.1 Å². The topological polar surface area (TPSA) is 75.6 Å². The number of aryl methyl sites for hydroxylation is 1. The van der Waals surface area contributed by atoms with Crippen LogP contribution in [0.5, 0.6) is 0 Å². The molecule has 23 heavy (non-hydrogen) atoms. The van der Waals surface area contributed by atoms with Crippen molar-refractivity contribution >= 4 is 11.8 Å². The van der Waals surface area contributed by atoms with E-state index in [-0.39, 0.29) is 0 Å². The second-order valence-corrected chi connectivity index (χ2v) is 5.15. The zero-order chi connectivity index (χ0) is 15.9. The lowest BCUT2D eigenvalue weighted by molar-refractivity contribution is 1.01. The third kappa shape index (κ3) is 4.23. The summed E-state index contributed by atoms with van der Waals surface area (Å²) in [6.45, 7) is 3.29. The van der Waals surface area contributed by atoms with Crippen molar-refractivity contribution in [2.45, 2.75) is 20.0 Å². The lowest BCUT2D eigenvalue weighted by Gasteiger charge is -2.11. The Balaban J connectivity index is 1.64. The van der Waals surface area contributed by atoms with Crippen LogP contribution in [0.25, 0.3) is 0 Å². The van der Waals surface area contributed by atoms with Crippen LogP contribution in [0.4, 0.5) is 11.8 Å². The Bertz CT molecular complexity index is 746. The molecule has 0 atom stereocenters. The molecule has 0 amide bonds. The van der Waals surface area contributed by atoms with E-state index in [4.69, 9.17) is 0 Å². The Labute approximate surface area is 135 Å². The maximum Gasteiger partial charge on any atom is 0.224 e. The lowest BCUT2D eigenvalue weighted by atomic mass is 10.2. The third-order valence-electron chi connectivity index (χ3n) is 3.33. The van der Waals surface area contributed by atoms with Gasteiger partial charge in [0.1, 0.15) is 5.82 Å². The number of pyridine rings is 2. The smallest absolute Gasteiger partial charge is 0.224 e. The molecule has 0 fully saturated rings. The van der Waals surface area contributed by atoms with Gasteiger partial charge in [-0.25, -0.2) is 4.98 Å². The van der Waals surface area contributed by atoms with Crippen molar-refractivity contribution in [1.82, 2.24) is 19.9 Å². The van der Waals surface area contributed by atoms with E-state index in [0.717, 1.165) is 22.5 Å². The molecule has 0 unspecified atom stereocenters. The largest absolute Gasteiger partial charge is 0.366 e. The predicted octanol–water partition coefficient (Wildman–Crippen LogP) is 2.80. The van der Waals surface area contributed by atoms with Crippen LogP contribution >= 0.6 is 0 Å². The molecule has 0 aliphatic carbocycles. The molecule has 6 nitrogen and oxygen atoms in total. The summed E-state index contributed by atoms with van der Waals surface area (Å²) < 4.78 is 0. The van der Waals surface area contributed by atoms with Crippen LogP contribution in [-0.4, -0.2) is 19.9 Å². The summed E-state index contributed by atoms with van der Waals surface area (Å²) in [7, 11) is 0. The van der Waals surface area contributed by atoms with E-state index < -0.39 is 0 Å². The molecular formula is C17H18N6. The number of nitrogens with zero attached hydrogens (tertiary/aromatic N) is 4. The molecule has 0 bridgehead atoms. The maximum absolute atomic E-state index is 4.53. The van der Waals surface area contributed by atoms with Crippen LogP contribution in [0.2, 0.25) is 0 Å². The molecule has 6 heteroatoms. The van der Waals surface area contributed by atoms with E-state index in [1.165, 1.54) is 0 Å². The van der Waals surface area contributed by atoms with Crippen LogP contribution in [-0.2, 0) is 13.1 Å². The van der Waals surface area contributed by atoms with E-state index >= 15 is 0 Å². The van der Waals surface area contributed by atoms with Gasteiger partial charge in [0.05, 0.1) is 0 Å². The molecule has 0 spiro atoms. The molecule has 3 rings (SSSR count). The van der Waals surface area contributed by atoms with Gasteiger partial charge in [0, 0.05) is 49.6 Å². The minimum atomic E-state index is 0.591. The Kier molecular flexibility index (Phi) is 4.73. The molecule has 2 N–H and O–H groups in total. The highest BCUT2D eigenvalue weighted by atomic mass is 15.1. The van der Waals surface area contributed by atoms with Gasteiger partial charge in [0.15, 0.2) is 0 Å². The summed E-state index contributed by atoms with van der Waals surface area (Å²) in [6.07, 6.45) is 8.99. The summed E-state index contributed by atoms with van der Waals surface area (Å²) in [5.74, 6) is 1.41. The maximum atomic E-state index is 4.53. The normalized spacial score (nSPS) is 10.3. The van der Waals surface area contributed by atoms with Crippen LogP contribution in [0, 0.1) is 6.92 Å². The average molecular weight is 306 g/mol. The first-order valence-corrected chi connectivity index (χ1v) is 7.40. The number of hydrogen-bond acceptors (Lipinski definition) is 6. The number of aromatic nitrogens is 4. The SMILES string of the molecule is Cc1cnc(NCc2cccnc2)nc1NCc1cccnc1. The quantitative estimate of drug-likeness (QED) is 0.729. The van der Waals surface area contributed by atoms with Crippen molar-refractivity contribution in [3.05, 3.63) is 71.9 Å². The Morgan fingerprint density at radius 2 is 1.52 bits per heavy atom. The Morgan fingerprint density at radius 3 is 2.13 bits per heavy atom. The monoisotopic (exact) mass is 306 g/mol. The van der Waals surface area contributed by atoms with Gasteiger partial charge < -0.3 is 10.6 Å². The summed E-state index contributed by atoms with van der Waals surface area (Å²) in [5.41, 5.74) is 3.19. The van der Waals surface area contributed by atoms with E-state index in [9.17, 15) is 0 Å². The van der Waals surface area contributed by atoms with E-state index in [1.807, 2.05) is 49.8 Å². The summed E-state index contributed by atoms with van der Waals surface area (Å²) in [5, 5.41) is 6.54. The number of hydrogen-bond donors (Lipinski definition) is 2. The van der Waals surface area contributed by atoms with Crippen LogP contribution < -0.4 is 10.6 Å². The van der Waals surface area contributed by atoms with Crippen molar-refractivity contribution < 1.29 is 0 Å². The van der Waals surface area contributed by atoms with E-state index in [2.05, 4.69) is 30.6 Å². The molecule has 0 aromatic carbocycles. The zero-order valence-corrected chi connectivity index (χ0v) is 12.9. The Hall–Kier alpha value is -3.02. The number of anilines is 2. The second kappa shape index (κ2) is 7.31. The van der Waals surface area contributed by atoms with Crippen LogP contribution in [0.1, 0.15) is 16.7 Å². The first-order valence-electron chi connectivity index (χ1n) is 7.40. The average Bonchev–Trinajstić information content (AvgIpc) is 2.62. The summed E-state index contributed by atoms with van der Waals surface area (Å²) in [6, 6.07) is 7.87. The minimum absolute atomic E-state index is 0.591. The first kappa shape index (κ1) is 14.9. The predicted molar refractivity (Wildman–Crippen MR) is 89.9 cm³/mol. The van der Waals surface area contributed by atoms with Gasteiger partial charge in [-0.2, -0.15) is 4.98 Å². The standard InChI is InChI=1S/C17H18N6/c1-13-8-21-17(22-12-15-5-3-7-19-10-15)23-16(13)20-11-14-4-2-6-18-9-14/h2-10H,11-12H2,1H3,(H2,20,21,22,23). The molecule has 0 aliphatic rings. The molecule has 0 saturated carbocycles.